The second kappa shape index (κ2) is 14.6. The van der Waals surface area contributed by atoms with Gasteiger partial charge in [0, 0.05) is 22.9 Å². The lowest BCUT2D eigenvalue weighted by Crippen LogP contribution is -2.50. The van der Waals surface area contributed by atoms with Crippen LogP contribution in [0, 0.1) is 0 Å². The predicted octanol–water partition coefficient (Wildman–Crippen LogP) is 5.73. The van der Waals surface area contributed by atoms with E-state index in [2.05, 4.69) is 105 Å². The van der Waals surface area contributed by atoms with Gasteiger partial charge in [-0.2, -0.15) is 17.7 Å². The molecular formula is C34H38F3N4O2S+. The number of fused-ring (bicyclic) bond motifs is 1. The molecule has 6 rings (SSSR count). The average Bonchev–Trinajstić information content (AvgIpc) is 3.36. The highest BCUT2D eigenvalue weighted by molar-refractivity contribution is 8.03. The van der Waals surface area contributed by atoms with Crippen molar-refractivity contribution in [3.63, 3.8) is 0 Å². The van der Waals surface area contributed by atoms with Crippen LogP contribution in [0.5, 0.6) is 0 Å². The van der Waals surface area contributed by atoms with E-state index in [-0.39, 0.29) is 7.43 Å². The molecule has 1 aromatic heterocycles. The van der Waals surface area contributed by atoms with Gasteiger partial charge in [0.2, 0.25) is 0 Å². The third-order valence-corrected chi connectivity index (χ3v) is 8.50. The summed E-state index contributed by atoms with van der Waals surface area (Å²) in [7, 11) is 0. The van der Waals surface area contributed by atoms with Gasteiger partial charge >= 0.3 is 6.18 Å². The van der Waals surface area contributed by atoms with Crippen LogP contribution in [0.3, 0.4) is 0 Å². The summed E-state index contributed by atoms with van der Waals surface area (Å²) in [4.78, 5) is 12.7. The standard InChI is InChI=1S/C31H32N4S.C2HF3O2.CH4/c32-18-7-2-8-19-33-29-21-24(22-30-34-20-10-12-23-11-9-17-28(36-30)31(23)34)26-15-5-6-16-27(26)35(29)25-13-3-1-4-14-25;3-2(4,5)1(6)7;/h1,3-6,9,11,13-17,21-22H,2,7-8,10,12,18-20,32H2;(H,6,7);1H4/p+1. The van der Waals surface area contributed by atoms with E-state index in [1.807, 2.05) is 11.8 Å². The summed E-state index contributed by atoms with van der Waals surface area (Å²) in [5.74, 6) is -1.87. The Balaban J connectivity index is 0.000000497. The number of carboxylic acids is 1. The third-order valence-electron chi connectivity index (χ3n) is 7.41. The molecule has 0 radical (unpaired) electrons. The Morgan fingerprint density at radius 2 is 1.75 bits per heavy atom. The van der Waals surface area contributed by atoms with Crippen molar-refractivity contribution in [1.29, 1.82) is 0 Å². The lowest BCUT2D eigenvalue weighted by atomic mass is 10.0. The Bertz CT molecular complexity index is 1630. The lowest BCUT2D eigenvalue weighted by molar-refractivity contribution is -0.551. The first-order valence-corrected chi connectivity index (χ1v) is 15.2. The number of carbonyl (C=O) groups excluding carboxylic acids is 1. The summed E-state index contributed by atoms with van der Waals surface area (Å²) in [6.07, 6.45) is 3.14. The van der Waals surface area contributed by atoms with E-state index >= 15 is 0 Å². The lowest BCUT2D eigenvalue weighted by Gasteiger charge is -2.27. The van der Waals surface area contributed by atoms with Crippen LogP contribution in [0.25, 0.3) is 22.7 Å². The van der Waals surface area contributed by atoms with Crippen molar-refractivity contribution in [3.05, 3.63) is 95.0 Å². The summed E-state index contributed by atoms with van der Waals surface area (Å²) in [5, 5.41) is 15.2. The van der Waals surface area contributed by atoms with E-state index in [1.165, 1.54) is 69.0 Å². The maximum absolute atomic E-state index is 10.5. The van der Waals surface area contributed by atoms with Crippen molar-refractivity contribution in [3.8, 4) is 5.69 Å². The fourth-order valence-electron chi connectivity index (χ4n) is 5.46. The first-order chi connectivity index (χ1) is 20.8. The van der Waals surface area contributed by atoms with Crippen LogP contribution in [0.1, 0.15) is 44.2 Å². The van der Waals surface area contributed by atoms with Gasteiger partial charge in [-0.15, -0.1) is 0 Å². The molecule has 0 atom stereocenters. The number of thioether (sulfide) groups is 1. The van der Waals surface area contributed by atoms with Crippen LogP contribution in [0.2, 0.25) is 0 Å². The number of hydrogen-bond acceptors (Lipinski definition) is 5. The molecule has 3 aromatic carbocycles. The maximum atomic E-state index is 10.5. The molecule has 0 spiro atoms. The molecule has 4 aromatic rings. The van der Waals surface area contributed by atoms with Crippen molar-refractivity contribution in [2.45, 2.75) is 50.6 Å². The summed E-state index contributed by atoms with van der Waals surface area (Å²) in [6.45, 7) is 3.06. The zero-order valence-corrected chi connectivity index (χ0v) is 24.5. The fourth-order valence-corrected chi connectivity index (χ4v) is 6.65. The molecule has 10 heteroatoms. The smallest absolute Gasteiger partial charge is 0.430 e. The van der Waals surface area contributed by atoms with Gasteiger partial charge < -0.3 is 20.5 Å². The number of nitrogens with zero attached hydrogens (tertiary/aromatic N) is 2. The number of alkyl halides is 3. The van der Waals surface area contributed by atoms with E-state index < -0.39 is 12.1 Å². The Morgan fingerprint density at radius 1 is 1.02 bits per heavy atom. The Kier molecular flexibility index (Phi) is 10.9. The number of rotatable bonds is 8. The van der Waals surface area contributed by atoms with Crippen LogP contribution in [0.4, 0.5) is 24.7 Å². The van der Waals surface area contributed by atoms with Gasteiger partial charge in [0.15, 0.2) is 0 Å². The summed E-state index contributed by atoms with van der Waals surface area (Å²) in [5.41, 5.74) is 10.6. The molecule has 44 heavy (non-hydrogen) atoms. The SMILES string of the molecule is C.O=C([O-])C(F)(F)F.[NH3+]CCCCCNc1cc(C=C2Sc3cccc4c3N2CCC4)c2ccccc2[n+]1-c1ccccc1. The molecular weight excluding hydrogens is 585 g/mol. The number of nitrogens with one attached hydrogen (secondary N) is 1. The Hall–Kier alpha value is -4.02. The van der Waals surface area contributed by atoms with Gasteiger partial charge in [-0.3, -0.25) is 5.32 Å². The number of benzene rings is 3. The van der Waals surface area contributed by atoms with E-state index in [1.54, 1.807) is 0 Å². The number of pyridine rings is 1. The van der Waals surface area contributed by atoms with Crippen LogP contribution >= 0.6 is 11.8 Å². The highest BCUT2D eigenvalue weighted by atomic mass is 32.2. The van der Waals surface area contributed by atoms with Gasteiger partial charge in [-0.1, -0.05) is 67.7 Å². The molecule has 2 aliphatic heterocycles. The van der Waals surface area contributed by atoms with Crippen LogP contribution in [-0.4, -0.2) is 31.8 Å². The first kappa shape index (κ1) is 32.9. The first-order valence-electron chi connectivity index (χ1n) is 14.4. The van der Waals surface area contributed by atoms with Crippen LogP contribution in [-0.2, 0) is 11.2 Å². The van der Waals surface area contributed by atoms with E-state index in [0.29, 0.717) is 0 Å². The monoisotopic (exact) mass is 623 g/mol. The zero-order chi connectivity index (χ0) is 30.4. The molecule has 232 valence electrons. The number of aryl methyl sites for hydroxylation is 1. The number of carboxylic acid groups (broad SMARTS) is 1. The zero-order valence-electron chi connectivity index (χ0n) is 23.7. The normalized spacial score (nSPS) is 14.5. The van der Waals surface area contributed by atoms with Crippen LogP contribution < -0.4 is 25.6 Å². The van der Waals surface area contributed by atoms with Gasteiger partial charge in [0.1, 0.15) is 17.2 Å². The Morgan fingerprint density at radius 3 is 2.48 bits per heavy atom. The highest BCUT2D eigenvalue weighted by Crippen LogP contribution is 2.50. The van der Waals surface area contributed by atoms with Crippen LogP contribution in [0.15, 0.2) is 88.8 Å². The molecule has 0 aliphatic carbocycles. The van der Waals surface area contributed by atoms with Gasteiger partial charge in [-0.25, -0.2) is 0 Å². The number of para-hydroxylation sites is 3. The number of anilines is 2. The molecule has 0 amide bonds. The molecule has 3 heterocycles. The summed E-state index contributed by atoms with van der Waals surface area (Å²) >= 11 is 1.91. The molecule has 0 saturated heterocycles. The fraction of sp³-hybridized carbons (Fsp3) is 0.294. The number of hydrogen-bond donors (Lipinski definition) is 2. The molecule has 2 aliphatic rings. The summed E-state index contributed by atoms with van der Waals surface area (Å²) in [6, 6.07) is 28.6. The van der Waals surface area contributed by atoms with Gasteiger partial charge in [-0.05, 0) is 73.6 Å². The minimum atomic E-state index is -5.19. The number of halogens is 3. The maximum Gasteiger partial charge on any atom is 0.430 e. The minimum Gasteiger partial charge on any atom is -0.542 e. The average molecular weight is 624 g/mol. The van der Waals surface area contributed by atoms with Crippen molar-refractivity contribution in [1.82, 2.24) is 0 Å². The minimum absolute atomic E-state index is 0. The number of unbranched alkanes of at least 4 members (excludes halogenated alkanes) is 2. The largest absolute Gasteiger partial charge is 0.542 e. The Labute approximate surface area is 260 Å². The second-order valence-electron chi connectivity index (χ2n) is 10.4. The highest BCUT2D eigenvalue weighted by Gasteiger charge is 2.31. The molecule has 0 bridgehead atoms. The molecule has 4 N–H and O–H groups in total. The van der Waals surface area contributed by atoms with Crippen molar-refractivity contribution in [2.75, 3.05) is 29.9 Å². The van der Waals surface area contributed by atoms with Gasteiger partial charge in [0.05, 0.1) is 23.8 Å². The quantitative estimate of drug-likeness (QED) is 0.193. The second-order valence-corrected chi connectivity index (χ2v) is 11.5. The molecule has 6 nitrogen and oxygen atoms in total. The predicted molar refractivity (Wildman–Crippen MR) is 169 cm³/mol. The topological polar surface area (TPSA) is 86.9 Å². The van der Waals surface area contributed by atoms with Gasteiger partial charge in [0.25, 0.3) is 5.82 Å². The third kappa shape index (κ3) is 7.36. The van der Waals surface area contributed by atoms with Crippen molar-refractivity contribution < 1.29 is 33.4 Å². The molecule has 0 unspecified atom stereocenters. The number of carbonyl (C=O) groups is 1. The number of aliphatic carboxylic acids is 1. The molecule has 0 saturated carbocycles. The van der Waals surface area contributed by atoms with E-state index in [9.17, 15) is 13.2 Å². The molecule has 0 fully saturated rings. The van der Waals surface area contributed by atoms with Crippen molar-refractivity contribution in [2.24, 2.45) is 0 Å². The number of quaternary nitrogens is 1. The van der Waals surface area contributed by atoms with Crippen molar-refractivity contribution >= 4 is 46.2 Å². The summed E-state index contributed by atoms with van der Waals surface area (Å²) < 4.78 is 33.9. The van der Waals surface area contributed by atoms with E-state index in [0.717, 1.165) is 31.9 Å². The number of aromatic nitrogens is 1. The van der Waals surface area contributed by atoms with E-state index in [4.69, 9.17) is 9.90 Å².